The van der Waals surface area contributed by atoms with E-state index in [0.29, 0.717) is 10.5 Å². The standard InChI is InChI=1S/C22H23F4N3O2/c23-19-9-5-4-6-15(19)12-16(27)13-20(30)28-11-10-18(14-28)29(21(31)22(24,25)26)17-7-2-1-3-8-17/h1-9,16,18H,10-14,27H2/t16-,18+/m1/s1. The fourth-order valence-corrected chi connectivity index (χ4v) is 3.77. The van der Waals surface area contributed by atoms with Crippen molar-refractivity contribution < 1.29 is 27.2 Å². The lowest BCUT2D eigenvalue weighted by Crippen LogP contribution is -2.49. The van der Waals surface area contributed by atoms with Crippen LogP contribution in [0, 0.1) is 5.82 Å². The number of benzene rings is 2. The third-order valence-electron chi connectivity index (χ3n) is 5.25. The molecule has 1 heterocycles. The van der Waals surface area contributed by atoms with E-state index in [1.54, 1.807) is 36.4 Å². The zero-order chi connectivity index (χ0) is 22.6. The zero-order valence-corrected chi connectivity index (χ0v) is 16.7. The Bertz CT molecular complexity index is 920. The van der Waals surface area contributed by atoms with E-state index in [4.69, 9.17) is 5.73 Å². The van der Waals surface area contributed by atoms with Gasteiger partial charge in [0.15, 0.2) is 0 Å². The quantitative estimate of drug-likeness (QED) is 0.706. The fraction of sp³-hybridized carbons (Fsp3) is 0.364. The normalized spacial score (nSPS) is 17.5. The summed E-state index contributed by atoms with van der Waals surface area (Å²) >= 11 is 0. The van der Waals surface area contributed by atoms with Crippen LogP contribution in [0.3, 0.4) is 0 Å². The summed E-state index contributed by atoms with van der Waals surface area (Å²) in [6, 6.07) is 12.3. The molecule has 31 heavy (non-hydrogen) atoms. The summed E-state index contributed by atoms with van der Waals surface area (Å²) in [5, 5.41) is 0. The molecule has 1 fully saturated rings. The van der Waals surface area contributed by atoms with Gasteiger partial charge in [-0.2, -0.15) is 13.2 Å². The van der Waals surface area contributed by atoms with E-state index in [2.05, 4.69) is 0 Å². The predicted octanol–water partition coefficient (Wildman–Crippen LogP) is 3.28. The molecular weight excluding hydrogens is 414 g/mol. The van der Waals surface area contributed by atoms with E-state index < -0.39 is 30.0 Å². The third-order valence-corrected chi connectivity index (χ3v) is 5.25. The predicted molar refractivity (Wildman–Crippen MR) is 108 cm³/mol. The van der Waals surface area contributed by atoms with Gasteiger partial charge in [0.1, 0.15) is 5.82 Å². The van der Waals surface area contributed by atoms with Crippen molar-refractivity contribution in [3.63, 3.8) is 0 Å². The Balaban J connectivity index is 1.66. The second kappa shape index (κ2) is 9.47. The Morgan fingerprint density at radius 3 is 2.39 bits per heavy atom. The SMILES string of the molecule is N[C@@H](CC(=O)N1CC[C@H](N(C(=O)C(F)(F)F)c2ccccc2)C1)Cc1ccccc1F. The van der Waals surface area contributed by atoms with Gasteiger partial charge < -0.3 is 10.6 Å². The first-order valence-corrected chi connectivity index (χ1v) is 9.89. The maximum atomic E-state index is 13.8. The molecule has 0 radical (unpaired) electrons. The number of likely N-dealkylation sites (tertiary alicyclic amines) is 1. The molecule has 0 aromatic heterocycles. The zero-order valence-electron chi connectivity index (χ0n) is 16.7. The summed E-state index contributed by atoms with van der Waals surface area (Å²) < 4.78 is 53.3. The summed E-state index contributed by atoms with van der Waals surface area (Å²) in [4.78, 5) is 26.8. The molecule has 2 N–H and O–H groups in total. The number of para-hydroxylation sites is 1. The van der Waals surface area contributed by atoms with Crippen LogP contribution in [0.5, 0.6) is 0 Å². The molecule has 9 heteroatoms. The number of alkyl halides is 3. The van der Waals surface area contributed by atoms with Crippen LogP contribution in [-0.4, -0.2) is 48.1 Å². The number of rotatable bonds is 6. The van der Waals surface area contributed by atoms with Gasteiger partial charge in [0.05, 0.1) is 6.04 Å². The van der Waals surface area contributed by atoms with Crippen LogP contribution in [0.25, 0.3) is 0 Å². The van der Waals surface area contributed by atoms with Gasteiger partial charge in [0, 0.05) is 31.2 Å². The van der Waals surface area contributed by atoms with Crippen LogP contribution in [0.4, 0.5) is 23.2 Å². The van der Waals surface area contributed by atoms with Crippen LogP contribution in [0.1, 0.15) is 18.4 Å². The maximum absolute atomic E-state index is 13.8. The third kappa shape index (κ3) is 5.61. The van der Waals surface area contributed by atoms with Gasteiger partial charge in [-0.05, 0) is 36.6 Å². The Labute approximate surface area is 177 Å². The second-order valence-corrected chi connectivity index (χ2v) is 7.55. The highest BCUT2D eigenvalue weighted by Crippen LogP contribution is 2.29. The average Bonchev–Trinajstić information content (AvgIpc) is 3.20. The molecule has 0 unspecified atom stereocenters. The highest BCUT2D eigenvalue weighted by Gasteiger charge is 2.46. The van der Waals surface area contributed by atoms with Crippen LogP contribution >= 0.6 is 0 Å². The Hall–Kier alpha value is -2.94. The summed E-state index contributed by atoms with van der Waals surface area (Å²) in [6.45, 7) is 0.187. The van der Waals surface area contributed by atoms with Crippen molar-refractivity contribution in [2.24, 2.45) is 5.73 Å². The molecule has 3 rings (SSSR count). The molecule has 166 valence electrons. The van der Waals surface area contributed by atoms with Crippen LogP contribution < -0.4 is 10.6 Å². The fourth-order valence-electron chi connectivity index (χ4n) is 3.77. The van der Waals surface area contributed by atoms with Gasteiger partial charge in [-0.1, -0.05) is 36.4 Å². The van der Waals surface area contributed by atoms with Gasteiger partial charge >= 0.3 is 12.1 Å². The van der Waals surface area contributed by atoms with Crippen molar-refractivity contribution in [3.05, 3.63) is 66.0 Å². The number of hydrogen-bond acceptors (Lipinski definition) is 3. The van der Waals surface area contributed by atoms with Gasteiger partial charge in [0.2, 0.25) is 5.91 Å². The maximum Gasteiger partial charge on any atom is 0.471 e. The van der Waals surface area contributed by atoms with E-state index in [9.17, 15) is 27.2 Å². The number of hydrogen-bond donors (Lipinski definition) is 1. The van der Waals surface area contributed by atoms with Crippen molar-refractivity contribution in [1.82, 2.24) is 4.90 Å². The minimum atomic E-state index is -5.03. The number of carbonyl (C=O) groups is 2. The number of nitrogens with zero attached hydrogens (tertiary/aromatic N) is 2. The smallest absolute Gasteiger partial charge is 0.340 e. The van der Waals surface area contributed by atoms with Crippen molar-refractivity contribution in [2.75, 3.05) is 18.0 Å². The van der Waals surface area contributed by atoms with Crippen molar-refractivity contribution in [1.29, 1.82) is 0 Å². The van der Waals surface area contributed by atoms with E-state index in [1.807, 2.05) is 0 Å². The minimum Gasteiger partial charge on any atom is -0.340 e. The summed E-state index contributed by atoms with van der Waals surface area (Å²) in [5.41, 5.74) is 6.53. The van der Waals surface area contributed by atoms with Crippen molar-refractivity contribution in [3.8, 4) is 0 Å². The van der Waals surface area contributed by atoms with Crippen LogP contribution in [0.15, 0.2) is 54.6 Å². The summed E-state index contributed by atoms with van der Waals surface area (Å²) in [6.07, 6.45) is -4.72. The molecule has 1 saturated heterocycles. The van der Waals surface area contributed by atoms with Gasteiger partial charge in [-0.15, -0.1) is 0 Å². The molecule has 5 nitrogen and oxygen atoms in total. The van der Waals surface area contributed by atoms with Crippen molar-refractivity contribution >= 4 is 17.5 Å². The molecule has 2 aromatic rings. The van der Waals surface area contributed by atoms with E-state index in [1.165, 1.54) is 23.1 Å². The topological polar surface area (TPSA) is 66.6 Å². The number of nitrogens with two attached hydrogens (primary N) is 1. The summed E-state index contributed by atoms with van der Waals surface area (Å²) in [7, 11) is 0. The molecular formula is C22H23F4N3O2. The molecule has 2 amide bonds. The Morgan fingerprint density at radius 1 is 1.10 bits per heavy atom. The molecule has 1 aliphatic heterocycles. The highest BCUT2D eigenvalue weighted by atomic mass is 19.4. The number of anilines is 1. The molecule has 0 bridgehead atoms. The number of amides is 2. The van der Waals surface area contributed by atoms with Crippen molar-refractivity contribution in [2.45, 2.75) is 37.5 Å². The molecule has 0 saturated carbocycles. The van der Waals surface area contributed by atoms with E-state index in [-0.39, 0.29) is 43.9 Å². The average molecular weight is 437 g/mol. The van der Waals surface area contributed by atoms with Gasteiger partial charge in [-0.25, -0.2) is 4.39 Å². The highest BCUT2D eigenvalue weighted by molar-refractivity contribution is 5.98. The minimum absolute atomic E-state index is 0.0258. The lowest BCUT2D eigenvalue weighted by molar-refractivity contribution is -0.171. The van der Waals surface area contributed by atoms with E-state index >= 15 is 0 Å². The lowest BCUT2D eigenvalue weighted by atomic mass is 10.0. The Morgan fingerprint density at radius 2 is 1.74 bits per heavy atom. The molecule has 2 atom stereocenters. The second-order valence-electron chi connectivity index (χ2n) is 7.55. The first kappa shape index (κ1) is 22.7. The molecule has 1 aliphatic rings. The van der Waals surface area contributed by atoms with Crippen LogP contribution in [0.2, 0.25) is 0 Å². The monoisotopic (exact) mass is 437 g/mol. The molecule has 0 aliphatic carbocycles. The molecule has 0 spiro atoms. The summed E-state index contributed by atoms with van der Waals surface area (Å²) in [5.74, 6) is -2.70. The lowest BCUT2D eigenvalue weighted by Gasteiger charge is -2.30. The number of carbonyl (C=O) groups excluding carboxylic acids is 2. The first-order chi connectivity index (χ1) is 14.7. The molecule has 2 aromatic carbocycles. The van der Waals surface area contributed by atoms with Gasteiger partial charge in [-0.3, -0.25) is 14.5 Å². The largest absolute Gasteiger partial charge is 0.471 e. The Kier molecular flexibility index (Phi) is 6.94. The first-order valence-electron chi connectivity index (χ1n) is 9.89. The number of halogens is 4. The van der Waals surface area contributed by atoms with Crippen LogP contribution in [-0.2, 0) is 16.0 Å². The van der Waals surface area contributed by atoms with Gasteiger partial charge in [0.25, 0.3) is 0 Å². The van der Waals surface area contributed by atoms with E-state index in [0.717, 1.165) is 0 Å².